The van der Waals surface area contributed by atoms with Crippen molar-refractivity contribution in [3.8, 4) is 5.75 Å². The zero-order valence-corrected chi connectivity index (χ0v) is 12.9. The molecule has 0 aliphatic heterocycles. The third-order valence-corrected chi connectivity index (χ3v) is 7.98. The molecule has 1 aromatic carbocycles. The van der Waals surface area contributed by atoms with Crippen molar-refractivity contribution in [1.82, 2.24) is 0 Å². The van der Waals surface area contributed by atoms with E-state index in [1.807, 2.05) is 18.2 Å². The molecule has 3 heteroatoms. The van der Waals surface area contributed by atoms with Crippen LogP contribution in [0.3, 0.4) is 0 Å². The van der Waals surface area contributed by atoms with Gasteiger partial charge in [-0.1, -0.05) is 27.7 Å². The van der Waals surface area contributed by atoms with E-state index in [2.05, 4.69) is 40.8 Å². The second-order valence-corrected chi connectivity index (χ2v) is 10.8. The van der Waals surface area contributed by atoms with Crippen LogP contribution in [0.15, 0.2) is 18.2 Å². The molecule has 0 aromatic heterocycles. The van der Waals surface area contributed by atoms with E-state index in [4.69, 9.17) is 10.2 Å². The van der Waals surface area contributed by atoms with Crippen LogP contribution in [0.2, 0.25) is 18.1 Å². The maximum absolute atomic E-state index is 6.33. The number of nitrogen functional groups attached to an aromatic ring is 1. The van der Waals surface area contributed by atoms with E-state index in [-0.39, 0.29) is 5.04 Å². The molecular weight excluding hydrogens is 226 g/mol. The average Bonchev–Trinajstić information content (AvgIpc) is 2.18. The third kappa shape index (κ3) is 3.25. The van der Waals surface area contributed by atoms with Crippen LogP contribution in [0.1, 0.15) is 33.3 Å². The van der Waals surface area contributed by atoms with Crippen LogP contribution in [0.25, 0.3) is 0 Å². The van der Waals surface area contributed by atoms with Crippen LogP contribution < -0.4 is 10.2 Å². The molecule has 0 radical (unpaired) electrons. The number of aryl methyl sites for hydroxylation is 1. The number of nitrogens with two attached hydrogens (primary N) is 1. The first-order valence-electron chi connectivity index (χ1n) is 6.25. The van der Waals surface area contributed by atoms with Gasteiger partial charge in [-0.05, 0) is 48.3 Å². The molecule has 1 rings (SSSR count). The maximum atomic E-state index is 6.33. The molecule has 1 aromatic rings. The summed E-state index contributed by atoms with van der Waals surface area (Å²) in [4.78, 5) is 0. The average molecular weight is 251 g/mol. The monoisotopic (exact) mass is 251 g/mol. The molecule has 17 heavy (non-hydrogen) atoms. The fourth-order valence-corrected chi connectivity index (χ4v) is 2.46. The van der Waals surface area contributed by atoms with E-state index in [0.29, 0.717) is 0 Å². The minimum absolute atomic E-state index is 0.222. The highest BCUT2D eigenvalue weighted by Gasteiger charge is 2.39. The van der Waals surface area contributed by atoms with Gasteiger partial charge in [-0.2, -0.15) is 0 Å². The Kier molecular flexibility index (Phi) is 3.92. The van der Waals surface area contributed by atoms with Crippen molar-refractivity contribution >= 4 is 14.0 Å². The van der Waals surface area contributed by atoms with Gasteiger partial charge in [0.25, 0.3) is 0 Å². The molecule has 0 unspecified atom stereocenters. The van der Waals surface area contributed by atoms with E-state index >= 15 is 0 Å². The molecule has 0 heterocycles. The van der Waals surface area contributed by atoms with Crippen molar-refractivity contribution in [3.05, 3.63) is 23.8 Å². The summed E-state index contributed by atoms with van der Waals surface area (Å²) in [5, 5.41) is 0.222. The lowest BCUT2D eigenvalue weighted by Gasteiger charge is -2.37. The Balaban J connectivity index is 3.03. The minimum atomic E-state index is -1.75. The first-order valence-corrected chi connectivity index (χ1v) is 9.15. The zero-order valence-electron chi connectivity index (χ0n) is 11.9. The Hall–Kier alpha value is -0.963. The first kappa shape index (κ1) is 14.1. The van der Waals surface area contributed by atoms with E-state index in [1.165, 1.54) is 5.56 Å². The van der Waals surface area contributed by atoms with Crippen LogP contribution in [-0.4, -0.2) is 8.32 Å². The van der Waals surface area contributed by atoms with Gasteiger partial charge in [0.1, 0.15) is 5.75 Å². The molecule has 0 saturated heterocycles. The predicted molar refractivity (Wildman–Crippen MR) is 78.1 cm³/mol. The highest BCUT2D eigenvalue weighted by molar-refractivity contribution is 6.74. The van der Waals surface area contributed by atoms with Crippen LogP contribution in [0.4, 0.5) is 5.69 Å². The van der Waals surface area contributed by atoms with E-state index < -0.39 is 8.32 Å². The summed E-state index contributed by atoms with van der Waals surface area (Å²) in [5.41, 5.74) is 7.82. The van der Waals surface area contributed by atoms with Crippen molar-refractivity contribution in [2.45, 2.75) is 52.2 Å². The summed E-state index contributed by atoms with van der Waals surface area (Å²) in [6, 6.07) is 5.94. The Morgan fingerprint density at radius 3 is 2.29 bits per heavy atom. The van der Waals surface area contributed by atoms with Crippen LogP contribution in [-0.2, 0) is 6.42 Å². The van der Waals surface area contributed by atoms with Crippen LogP contribution in [0, 0.1) is 0 Å². The molecule has 0 spiro atoms. The Morgan fingerprint density at radius 2 is 1.82 bits per heavy atom. The summed E-state index contributed by atoms with van der Waals surface area (Å²) < 4.78 is 6.33. The maximum Gasteiger partial charge on any atom is 0.250 e. The summed E-state index contributed by atoms with van der Waals surface area (Å²) in [6.45, 7) is 13.4. The molecule has 0 fully saturated rings. The van der Waals surface area contributed by atoms with Gasteiger partial charge in [-0.25, -0.2) is 0 Å². The van der Waals surface area contributed by atoms with Gasteiger partial charge < -0.3 is 10.2 Å². The van der Waals surface area contributed by atoms with E-state index in [0.717, 1.165) is 17.9 Å². The van der Waals surface area contributed by atoms with Crippen molar-refractivity contribution in [2.24, 2.45) is 0 Å². The van der Waals surface area contributed by atoms with Crippen molar-refractivity contribution < 1.29 is 4.43 Å². The molecule has 0 saturated carbocycles. The summed E-state index contributed by atoms with van der Waals surface area (Å²) in [7, 11) is -1.75. The van der Waals surface area contributed by atoms with Gasteiger partial charge in [0.2, 0.25) is 8.32 Å². The fourth-order valence-electron chi connectivity index (χ4n) is 1.40. The Bertz CT molecular complexity index is 394. The Morgan fingerprint density at radius 1 is 1.24 bits per heavy atom. The van der Waals surface area contributed by atoms with Gasteiger partial charge in [0.05, 0.1) is 0 Å². The highest BCUT2D eigenvalue weighted by Crippen LogP contribution is 2.38. The highest BCUT2D eigenvalue weighted by atomic mass is 28.4. The lowest BCUT2D eigenvalue weighted by atomic mass is 10.1. The first-order chi connectivity index (χ1) is 7.67. The van der Waals surface area contributed by atoms with E-state index in [9.17, 15) is 0 Å². The number of anilines is 1. The molecule has 0 bridgehead atoms. The van der Waals surface area contributed by atoms with Crippen molar-refractivity contribution in [1.29, 1.82) is 0 Å². The third-order valence-electron chi connectivity index (χ3n) is 3.64. The van der Waals surface area contributed by atoms with Crippen molar-refractivity contribution in [2.75, 3.05) is 5.73 Å². The quantitative estimate of drug-likeness (QED) is 0.645. The Labute approximate surface area is 106 Å². The largest absolute Gasteiger partial charge is 0.543 e. The summed E-state index contributed by atoms with van der Waals surface area (Å²) in [5.74, 6) is 1.01. The van der Waals surface area contributed by atoms with Gasteiger partial charge in [0.15, 0.2) is 0 Å². The lowest BCUT2D eigenvalue weighted by molar-refractivity contribution is 0.487. The molecule has 0 aliphatic rings. The molecule has 96 valence electrons. The number of rotatable bonds is 3. The fraction of sp³-hybridized carbons (Fsp3) is 0.571. The summed E-state index contributed by atoms with van der Waals surface area (Å²) in [6.07, 6.45) is 0.953. The predicted octanol–water partition coefficient (Wildman–Crippen LogP) is 4.22. The smallest absolute Gasteiger partial charge is 0.250 e. The molecule has 0 aliphatic carbocycles. The summed E-state index contributed by atoms with van der Waals surface area (Å²) >= 11 is 0. The van der Waals surface area contributed by atoms with Gasteiger partial charge in [-0.3, -0.25) is 0 Å². The second kappa shape index (κ2) is 4.73. The molecule has 2 nitrogen and oxygen atoms in total. The zero-order chi connectivity index (χ0) is 13.3. The molecule has 0 atom stereocenters. The molecule has 2 N–H and O–H groups in total. The second-order valence-electron chi connectivity index (χ2n) is 6.08. The van der Waals surface area contributed by atoms with E-state index in [1.54, 1.807) is 0 Å². The number of hydrogen-bond donors (Lipinski definition) is 1. The minimum Gasteiger partial charge on any atom is -0.543 e. The molecular formula is C14H25NOSi. The van der Waals surface area contributed by atoms with Gasteiger partial charge in [0, 0.05) is 5.69 Å². The number of hydrogen-bond acceptors (Lipinski definition) is 2. The van der Waals surface area contributed by atoms with Gasteiger partial charge >= 0.3 is 0 Å². The molecule has 0 amide bonds. The lowest BCUT2D eigenvalue weighted by Crippen LogP contribution is -2.44. The standard InChI is InChI=1S/C14H25NOSi/c1-7-11-10-12(15)8-9-13(11)16-17(5,6)14(2,3)4/h8-10H,7,15H2,1-6H3. The van der Waals surface area contributed by atoms with Crippen LogP contribution in [0.5, 0.6) is 5.75 Å². The van der Waals surface area contributed by atoms with Gasteiger partial charge in [-0.15, -0.1) is 0 Å². The number of benzene rings is 1. The van der Waals surface area contributed by atoms with Crippen LogP contribution >= 0.6 is 0 Å². The normalized spacial score (nSPS) is 12.6. The van der Waals surface area contributed by atoms with Crippen molar-refractivity contribution in [3.63, 3.8) is 0 Å². The SMILES string of the molecule is CCc1cc(N)ccc1O[Si](C)(C)C(C)(C)C. The topological polar surface area (TPSA) is 35.2 Å².